The van der Waals surface area contributed by atoms with Crippen molar-refractivity contribution in [2.75, 3.05) is 25.0 Å². The maximum absolute atomic E-state index is 13.6. The molecule has 0 saturated heterocycles. The van der Waals surface area contributed by atoms with Crippen molar-refractivity contribution < 1.29 is 17.5 Å². The number of methoxy groups -OCH3 is 1. The number of ether oxygens (including phenoxy) is 1. The van der Waals surface area contributed by atoms with Crippen molar-refractivity contribution in [3.63, 3.8) is 0 Å². The Balaban J connectivity index is 2.79. The molecule has 0 amide bonds. The van der Waals surface area contributed by atoms with E-state index in [0.29, 0.717) is 5.56 Å². The van der Waals surface area contributed by atoms with Gasteiger partial charge < -0.3 is 10.5 Å². The average molecular weight is 307 g/mol. The van der Waals surface area contributed by atoms with Crippen molar-refractivity contribution in [3.05, 3.63) is 29.6 Å². The first-order valence-electron chi connectivity index (χ1n) is 5.21. The van der Waals surface area contributed by atoms with Crippen molar-refractivity contribution in [3.8, 4) is 0 Å². The lowest BCUT2D eigenvalue weighted by atomic mass is 10.2. The number of rotatable bonds is 7. The highest BCUT2D eigenvalue weighted by atomic mass is 32.2. The predicted octanol–water partition coefficient (Wildman–Crippen LogP) is 0.353. The maximum atomic E-state index is 13.6. The van der Waals surface area contributed by atoms with Gasteiger partial charge in [0.15, 0.2) is 0 Å². The van der Waals surface area contributed by atoms with Crippen LogP contribution < -0.4 is 15.2 Å². The van der Waals surface area contributed by atoms with E-state index in [2.05, 4.69) is 9.44 Å². The Morgan fingerprint density at radius 3 is 2.74 bits per heavy atom. The molecule has 0 unspecified atom stereocenters. The number of benzene rings is 1. The van der Waals surface area contributed by atoms with Crippen molar-refractivity contribution >= 4 is 33.1 Å². The van der Waals surface area contributed by atoms with E-state index in [1.807, 2.05) is 0 Å². The zero-order valence-corrected chi connectivity index (χ0v) is 11.8. The van der Waals surface area contributed by atoms with Crippen LogP contribution in [-0.4, -0.2) is 33.7 Å². The Morgan fingerprint density at radius 1 is 1.53 bits per heavy atom. The summed E-state index contributed by atoms with van der Waals surface area (Å²) in [5.74, 6) is -0.762. The molecule has 0 aliphatic rings. The highest BCUT2D eigenvalue weighted by molar-refractivity contribution is 7.90. The van der Waals surface area contributed by atoms with Gasteiger partial charge in [-0.05, 0) is 18.2 Å². The molecule has 6 nitrogen and oxygen atoms in total. The predicted molar refractivity (Wildman–Crippen MR) is 74.7 cm³/mol. The van der Waals surface area contributed by atoms with E-state index in [0.717, 1.165) is 6.07 Å². The summed E-state index contributed by atoms with van der Waals surface area (Å²) >= 11 is 4.69. The smallest absolute Gasteiger partial charge is 0.299 e. The molecular formula is C10H14FN3O3S2. The molecule has 0 aromatic heterocycles. The van der Waals surface area contributed by atoms with E-state index >= 15 is 0 Å². The van der Waals surface area contributed by atoms with Crippen LogP contribution in [0.15, 0.2) is 18.2 Å². The average Bonchev–Trinajstić information content (AvgIpc) is 2.31. The summed E-state index contributed by atoms with van der Waals surface area (Å²) in [5.41, 5.74) is 5.47. The highest BCUT2D eigenvalue weighted by Crippen LogP contribution is 2.16. The van der Waals surface area contributed by atoms with Gasteiger partial charge in [0.2, 0.25) is 0 Å². The quantitative estimate of drug-likeness (QED) is 0.499. The third kappa shape index (κ3) is 5.07. The molecule has 9 heteroatoms. The van der Waals surface area contributed by atoms with Gasteiger partial charge in [0.1, 0.15) is 10.8 Å². The second-order valence-corrected chi connectivity index (χ2v) is 5.49. The molecule has 0 fully saturated rings. The largest absolute Gasteiger partial charge is 0.389 e. The summed E-state index contributed by atoms with van der Waals surface area (Å²) in [6.45, 7) is 0.294. The number of hydrogen-bond donors (Lipinski definition) is 3. The summed E-state index contributed by atoms with van der Waals surface area (Å²) in [4.78, 5) is 0.0338. The van der Waals surface area contributed by atoms with E-state index in [1.165, 1.54) is 19.2 Å². The van der Waals surface area contributed by atoms with Crippen LogP contribution in [0.25, 0.3) is 0 Å². The van der Waals surface area contributed by atoms with Crippen molar-refractivity contribution in [2.24, 2.45) is 5.73 Å². The second kappa shape index (κ2) is 6.75. The minimum absolute atomic E-state index is 0.0338. The topological polar surface area (TPSA) is 93.4 Å². The highest BCUT2D eigenvalue weighted by Gasteiger charge is 2.13. The Hall–Kier alpha value is -1.29. The number of hydrogen-bond acceptors (Lipinski definition) is 4. The van der Waals surface area contributed by atoms with Crippen molar-refractivity contribution in [1.29, 1.82) is 0 Å². The van der Waals surface area contributed by atoms with Gasteiger partial charge in [-0.15, -0.1) is 0 Å². The summed E-state index contributed by atoms with van der Waals surface area (Å²) in [5, 5.41) is 0. The van der Waals surface area contributed by atoms with E-state index in [9.17, 15) is 12.8 Å². The van der Waals surface area contributed by atoms with E-state index in [4.69, 9.17) is 22.7 Å². The third-order valence-corrected chi connectivity index (χ3v) is 3.40. The molecule has 0 atom stereocenters. The first-order valence-corrected chi connectivity index (χ1v) is 7.10. The maximum Gasteiger partial charge on any atom is 0.299 e. The first kappa shape index (κ1) is 15.8. The molecule has 4 N–H and O–H groups in total. The minimum atomic E-state index is -3.85. The standard InChI is InChI=1S/C10H14FN3O3S2/c1-17-5-4-13-19(15,16)14-9-3-2-7(10(12)18)6-8(9)11/h2-3,6,13-14H,4-5H2,1H3,(H2,12,18). The van der Waals surface area contributed by atoms with E-state index < -0.39 is 16.0 Å². The Labute approximate surface area is 116 Å². The summed E-state index contributed by atoms with van der Waals surface area (Å²) in [7, 11) is -2.41. The van der Waals surface area contributed by atoms with Crippen molar-refractivity contribution in [1.82, 2.24) is 4.72 Å². The zero-order valence-electron chi connectivity index (χ0n) is 10.1. The SMILES string of the molecule is COCCNS(=O)(=O)Nc1ccc(C(N)=S)cc1F. The molecular weight excluding hydrogens is 293 g/mol. The summed E-state index contributed by atoms with van der Waals surface area (Å²) in [6, 6.07) is 3.74. The zero-order chi connectivity index (χ0) is 14.5. The number of halogens is 1. The molecule has 0 bridgehead atoms. The lowest BCUT2D eigenvalue weighted by Gasteiger charge is -2.10. The van der Waals surface area contributed by atoms with Crippen LogP contribution >= 0.6 is 12.2 Å². The minimum Gasteiger partial charge on any atom is -0.389 e. The van der Waals surface area contributed by atoms with Crippen LogP contribution in [0.1, 0.15) is 5.56 Å². The molecule has 19 heavy (non-hydrogen) atoms. The van der Waals surface area contributed by atoms with Gasteiger partial charge in [0, 0.05) is 19.2 Å². The molecule has 0 saturated carbocycles. The van der Waals surface area contributed by atoms with Gasteiger partial charge >= 0.3 is 0 Å². The lowest BCUT2D eigenvalue weighted by Crippen LogP contribution is -2.32. The molecule has 106 valence electrons. The second-order valence-electron chi connectivity index (χ2n) is 3.55. The van der Waals surface area contributed by atoms with Crippen LogP contribution in [0.5, 0.6) is 0 Å². The fourth-order valence-electron chi connectivity index (χ4n) is 1.21. The summed E-state index contributed by atoms with van der Waals surface area (Å²) in [6.07, 6.45) is 0. The van der Waals surface area contributed by atoms with Gasteiger partial charge in [-0.3, -0.25) is 4.72 Å². The van der Waals surface area contributed by atoms with E-state index in [-0.39, 0.29) is 23.8 Å². The Bertz CT molecular complexity index is 563. The number of nitrogens with one attached hydrogen (secondary N) is 2. The van der Waals surface area contributed by atoms with Gasteiger partial charge in [-0.25, -0.2) is 4.39 Å². The lowest BCUT2D eigenvalue weighted by molar-refractivity contribution is 0.204. The normalized spacial score (nSPS) is 11.3. The van der Waals surface area contributed by atoms with Gasteiger partial charge in [-0.2, -0.15) is 13.1 Å². The molecule has 0 aliphatic heterocycles. The van der Waals surface area contributed by atoms with Crippen LogP contribution in [0.4, 0.5) is 10.1 Å². The molecule has 0 radical (unpaired) electrons. The van der Waals surface area contributed by atoms with Crippen LogP contribution in [-0.2, 0) is 14.9 Å². The van der Waals surface area contributed by atoms with E-state index in [1.54, 1.807) is 0 Å². The van der Waals surface area contributed by atoms with Gasteiger partial charge in [0.25, 0.3) is 10.2 Å². The fourth-order valence-corrected chi connectivity index (χ4v) is 2.22. The molecule has 0 spiro atoms. The first-order chi connectivity index (χ1) is 8.85. The summed E-state index contributed by atoms with van der Waals surface area (Å²) < 4.78 is 45.7. The van der Waals surface area contributed by atoms with Gasteiger partial charge in [-0.1, -0.05) is 12.2 Å². The monoisotopic (exact) mass is 307 g/mol. The fraction of sp³-hybridized carbons (Fsp3) is 0.300. The number of thiocarbonyl (C=S) groups is 1. The third-order valence-electron chi connectivity index (χ3n) is 2.10. The van der Waals surface area contributed by atoms with Crippen LogP contribution in [0.3, 0.4) is 0 Å². The van der Waals surface area contributed by atoms with Crippen molar-refractivity contribution in [2.45, 2.75) is 0 Å². The van der Waals surface area contributed by atoms with Crippen LogP contribution in [0, 0.1) is 5.82 Å². The Kier molecular flexibility index (Phi) is 5.60. The molecule has 1 rings (SSSR count). The molecule has 1 aromatic carbocycles. The molecule has 1 aromatic rings. The molecule has 0 heterocycles. The van der Waals surface area contributed by atoms with Gasteiger partial charge in [0.05, 0.1) is 12.3 Å². The number of nitrogens with two attached hydrogens (primary N) is 1. The Morgan fingerprint density at radius 2 is 2.21 bits per heavy atom. The van der Waals surface area contributed by atoms with Crippen LogP contribution in [0.2, 0.25) is 0 Å². The molecule has 0 aliphatic carbocycles. The number of anilines is 1.